The summed E-state index contributed by atoms with van der Waals surface area (Å²) >= 11 is 0. The third-order valence-electron chi connectivity index (χ3n) is 4.98. The van der Waals surface area contributed by atoms with Crippen molar-refractivity contribution in [2.24, 2.45) is 0 Å². The van der Waals surface area contributed by atoms with E-state index in [1.165, 1.54) is 25.8 Å². The molecule has 1 N–H and O–H groups in total. The first-order chi connectivity index (χ1) is 13.1. The van der Waals surface area contributed by atoms with Crippen molar-refractivity contribution in [2.75, 3.05) is 0 Å². The summed E-state index contributed by atoms with van der Waals surface area (Å²) < 4.78 is 0. The van der Waals surface area contributed by atoms with Gasteiger partial charge >= 0.3 is 0 Å². The highest BCUT2D eigenvalue weighted by molar-refractivity contribution is 7.97. The lowest BCUT2D eigenvalue weighted by Crippen LogP contribution is -2.12. The minimum Gasteiger partial charge on any atom is -0.508 e. The van der Waals surface area contributed by atoms with E-state index in [9.17, 15) is 5.11 Å². The standard InChI is InChI=1S/C26H30OS/c1-25(2,3)19-7-13-22(14-8-19)28(24-17-11-21(27)12-18-24)23-15-9-20(10-16-23)26(4,5)6/h7-18H,1-6H3/p+1. The smallest absolute Gasteiger partial charge is 0.166 e. The van der Waals surface area contributed by atoms with Gasteiger partial charge in [-0.25, -0.2) is 0 Å². The fraction of sp³-hybridized carbons (Fsp3) is 0.308. The maximum Gasteiger partial charge on any atom is 0.166 e. The van der Waals surface area contributed by atoms with Crippen molar-refractivity contribution in [1.82, 2.24) is 0 Å². The van der Waals surface area contributed by atoms with Crippen LogP contribution >= 0.6 is 0 Å². The molecule has 0 heterocycles. The van der Waals surface area contributed by atoms with Gasteiger partial charge in [-0.15, -0.1) is 0 Å². The van der Waals surface area contributed by atoms with Crippen LogP contribution in [0.3, 0.4) is 0 Å². The van der Waals surface area contributed by atoms with Gasteiger partial charge < -0.3 is 5.11 Å². The maximum atomic E-state index is 9.73. The number of phenols is 1. The number of hydrogen-bond acceptors (Lipinski definition) is 1. The number of hydrogen-bond donors (Lipinski definition) is 1. The Hall–Kier alpha value is -2.19. The summed E-state index contributed by atoms with van der Waals surface area (Å²) in [6.07, 6.45) is 0. The lowest BCUT2D eigenvalue weighted by atomic mass is 9.87. The van der Waals surface area contributed by atoms with Crippen LogP contribution in [0.25, 0.3) is 0 Å². The largest absolute Gasteiger partial charge is 0.508 e. The van der Waals surface area contributed by atoms with Gasteiger partial charge in [0.15, 0.2) is 14.7 Å². The van der Waals surface area contributed by atoms with Crippen LogP contribution in [0.1, 0.15) is 52.7 Å². The zero-order valence-corrected chi connectivity index (χ0v) is 18.6. The molecule has 0 unspecified atom stereocenters. The Labute approximate surface area is 172 Å². The molecule has 0 aliphatic rings. The van der Waals surface area contributed by atoms with Crippen molar-refractivity contribution in [3.05, 3.63) is 83.9 Å². The quantitative estimate of drug-likeness (QED) is 0.473. The molecule has 0 aliphatic carbocycles. The number of phenolic OH excluding ortho intramolecular Hbond substituents is 1. The Morgan fingerprint density at radius 1 is 0.500 bits per heavy atom. The van der Waals surface area contributed by atoms with Gasteiger partial charge in [-0.05, 0) is 70.5 Å². The minimum atomic E-state index is -0.204. The Kier molecular flexibility index (Phi) is 5.63. The van der Waals surface area contributed by atoms with Gasteiger partial charge in [0.05, 0.1) is 10.9 Å². The van der Waals surface area contributed by atoms with E-state index in [1.54, 1.807) is 12.1 Å². The van der Waals surface area contributed by atoms with Crippen molar-refractivity contribution in [3.63, 3.8) is 0 Å². The third kappa shape index (κ3) is 4.62. The van der Waals surface area contributed by atoms with Crippen molar-refractivity contribution in [2.45, 2.75) is 67.1 Å². The van der Waals surface area contributed by atoms with E-state index < -0.39 is 0 Å². The summed E-state index contributed by atoms with van der Waals surface area (Å²) in [5.74, 6) is 0.304. The average molecular weight is 392 g/mol. The monoisotopic (exact) mass is 391 g/mol. The zero-order chi connectivity index (χ0) is 20.5. The van der Waals surface area contributed by atoms with Crippen LogP contribution in [-0.4, -0.2) is 5.11 Å². The van der Waals surface area contributed by atoms with E-state index in [4.69, 9.17) is 0 Å². The molecule has 3 aromatic rings. The molecule has 0 saturated carbocycles. The second-order valence-electron chi connectivity index (χ2n) is 9.35. The van der Waals surface area contributed by atoms with Gasteiger partial charge in [0, 0.05) is 0 Å². The van der Waals surface area contributed by atoms with Gasteiger partial charge in [-0.3, -0.25) is 0 Å². The van der Waals surface area contributed by atoms with Crippen LogP contribution in [0, 0.1) is 0 Å². The molecular formula is C26H31OS+. The second kappa shape index (κ2) is 7.67. The van der Waals surface area contributed by atoms with E-state index in [1.807, 2.05) is 12.1 Å². The topological polar surface area (TPSA) is 20.2 Å². The predicted molar refractivity (Wildman–Crippen MR) is 121 cm³/mol. The third-order valence-corrected chi connectivity index (χ3v) is 7.22. The first kappa shape index (κ1) is 20.5. The van der Waals surface area contributed by atoms with Crippen molar-refractivity contribution >= 4 is 10.9 Å². The van der Waals surface area contributed by atoms with Crippen LogP contribution in [0.4, 0.5) is 0 Å². The maximum absolute atomic E-state index is 9.73. The van der Waals surface area contributed by atoms with Crippen molar-refractivity contribution in [3.8, 4) is 5.75 Å². The van der Waals surface area contributed by atoms with E-state index in [2.05, 4.69) is 90.1 Å². The summed E-state index contributed by atoms with van der Waals surface area (Å²) in [6.45, 7) is 13.5. The molecule has 0 amide bonds. The van der Waals surface area contributed by atoms with E-state index in [-0.39, 0.29) is 21.7 Å². The molecule has 0 atom stereocenters. The van der Waals surface area contributed by atoms with Crippen LogP contribution < -0.4 is 0 Å². The first-order valence-electron chi connectivity index (χ1n) is 9.80. The van der Waals surface area contributed by atoms with Gasteiger partial charge in [0.1, 0.15) is 5.75 Å². The van der Waals surface area contributed by atoms with Gasteiger partial charge in [0.2, 0.25) is 0 Å². The Balaban J connectivity index is 2.06. The van der Waals surface area contributed by atoms with Crippen LogP contribution in [0.5, 0.6) is 5.75 Å². The summed E-state index contributed by atoms with van der Waals surface area (Å²) in [6, 6.07) is 25.7. The fourth-order valence-electron chi connectivity index (χ4n) is 3.17. The Bertz CT molecular complexity index is 851. The van der Waals surface area contributed by atoms with E-state index in [0.717, 1.165) is 0 Å². The van der Waals surface area contributed by atoms with Crippen molar-refractivity contribution < 1.29 is 5.11 Å². The minimum absolute atomic E-state index is 0.143. The van der Waals surface area contributed by atoms with Crippen LogP contribution in [0.2, 0.25) is 0 Å². The Morgan fingerprint density at radius 3 is 1.07 bits per heavy atom. The second-order valence-corrected chi connectivity index (χ2v) is 11.4. The van der Waals surface area contributed by atoms with Crippen LogP contribution in [0.15, 0.2) is 87.5 Å². The van der Waals surface area contributed by atoms with E-state index in [0.29, 0.717) is 5.75 Å². The average Bonchev–Trinajstić information content (AvgIpc) is 2.63. The fourth-order valence-corrected chi connectivity index (χ4v) is 5.21. The molecule has 3 rings (SSSR count). The summed E-state index contributed by atoms with van der Waals surface area (Å²) in [7, 11) is -0.204. The summed E-state index contributed by atoms with van der Waals surface area (Å²) in [5.41, 5.74) is 2.97. The van der Waals surface area contributed by atoms with Gasteiger partial charge in [0.25, 0.3) is 0 Å². The number of benzene rings is 3. The van der Waals surface area contributed by atoms with E-state index >= 15 is 0 Å². The highest BCUT2D eigenvalue weighted by atomic mass is 32.2. The molecule has 0 radical (unpaired) electrons. The molecule has 1 nitrogen and oxygen atoms in total. The highest BCUT2D eigenvalue weighted by Gasteiger charge is 2.29. The van der Waals surface area contributed by atoms with Crippen LogP contribution in [-0.2, 0) is 21.7 Å². The Morgan fingerprint density at radius 2 is 0.786 bits per heavy atom. The molecule has 0 aromatic heterocycles. The molecule has 0 saturated heterocycles. The molecule has 2 heteroatoms. The molecule has 0 aliphatic heterocycles. The predicted octanol–water partition coefficient (Wildman–Crippen LogP) is 7.08. The molecule has 0 fully saturated rings. The first-order valence-corrected chi connectivity index (χ1v) is 11.0. The molecule has 0 spiro atoms. The molecule has 0 bridgehead atoms. The highest BCUT2D eigenvalue weighted by Crippen LogP contribution is 2.34. The van der Waals surface area contributed by atoms with Gasteiger partial charge in [-0.1, -0.05) is 65.8 Å². The lowest BCUT2D eigenvalue weighted by molar-refractivity contribution is 0.475. The summed E-state index contributed by atoms with van der Waals surface area (Å²) in [5, 5.41) is 9.73. The SMILES string of the molecule is CC(C)(C)c1ccc([S+](c2ccc(O)cc2)c2ccc(C(C)(C)C)cc2)cc1. The van der Waals surface area contributed by atoms with Crippen molar-refractivity contribution in [1.29, 1.82) is 0 Å². The number of rotatable bonds is 3. The molecule has 3 aromatic carbocycles. The zero-order valence-electron chi connectivity index (χ0n) is 17.8. The summed E-state index contributed by atoms with van der Waals surface area (Å²) in [4.78, 5) is 3.80. The molecule has 146 valence electrons. The number of aromatic hydroxyl groups is 1. The normalized spacial score (nSPS) is 12.4. The van der Waals surface area contributed by atoms with Gasteiger partial charge in [-0.2, -0.15) is 0 Å². The lowest BCUT2D eigenvalue weighted by Gasteiger charge is -2.20. The molecular weight excluding hydrogens is 360 g/mol. The molecule has 28 heavy (non-hydrogen) atoms.